The molecule has 20 heavy (non-hydrogen) atoms. The Balaban J connectivity index is 2.98. The van der Waals surface area contributed by atoms with Gasteiger partial charge in [-0.3, -0.25) is 24.6 Å². The molecule has 1 rings (SSSR count). The fourth-order valence-corrected chi connectivity index (χ4v) is 2.21. The Labute approximate surface area is 123 Å². The van der Waals surface area contributed by atoms with E-state index in [1.54, 1.807) is 6.07 Å². The molecule has 0 saturated carbocycles. The van der Waals surface area contributed by atoms with Gasteiger partial charge < -0.3 is 11.5 Å². The molecule has 0 bridgehead atoms. The van der Waals surface area contributed by atoms with E-state index in [0.717, 1.165) is 0 Å². The molecule has 1 aromatic rings. The lowest BCUT2D eigenvalue weighted by Crippen LogP contribution is -2.39. The Kier molecular flexibility index (Phi) is 5.59. The van der Waals surface area contributed by atoms with Crippen molar-refractivity contribution < 1.29 is 14.5 Å². The van der Waals surface area contributed by atoms with Crippen molar-refractivity contribution in [3.05, 3.63) is 38.3 Å². The first-order valence-corrected chi connectivity index (χ1v) is 6.31. The van der Waals surface area contributed by atoms with Gasteiger partial charge in [-0.1, -0.05) is 12.1 Å². The van der Waals surface area contributed by atoms with Crippen LogP contribution in [0.5, 0.6) is 0 Å². The Morgan fingerprint density at radius 2 is 1.80 bits per heavy atom. The molecule has 0 aliphatic heterocycles. The van der Waals surface area contributed by atoms with Crippen LogP contribution in [-0.2, 0) is 16.1 Å². The van der Waals surface area contributed by atoms with E-state index >= 15 is 0 Å². The summed E-state index contributed by atoms with van der Waals surface area (Å²) in [5, 5.41) is 10.8. The van der Waals surface area contributed by atoms with Crippen LogP contribution in [0.1, 0.15) is 5.56 Å². The van der Waals surface area contributed by atoms with Crippen LogP contribution < -0.4 is 11.5 Å². The first-order chi connectivity index (χ1) is 9.31. The van der Waals surface area contributed by atoms with Gasteiger partial charge in [-0.2, -0.15) is 0 Å². The maximum atomic E-state index is 11.0. The summed E-state index contributed by atoms with van der Waals surface area (Å²) in [4.78, 5) is 33.6. The molecule has 1 aromatic carbocycles. The fourth-order valence-electron chi connectivity index (χ4n) is 1.68. The van der Waals surface area contributed by atoms with Crippen molar-refractivity contribution >= 4 is 33.4 Å². The fraction of sp³-hybridized carbons (Fsp3) is 0.273. The zero-order valence-electron chi connectivity index (χ0n) is 10.4. The number of rotatable bonds is 7. The summed E-state index contributed by atoms with van der Waals surface area (Å²) in [7, 11) is 0. The summed E-state index contributed by atoms with van der Waals surface area (Å²) in [6.45, 7) is -0.204. The summed E-state index contributed by atoms with van der Waals surface area (Å²) in [6, 6.07) is 4.51. The van der Waals surface area contributed by atoms with Gasteiger partial charge in [0.2, 0.25) is 11.8 Å². The van der Waals surface area contributed by atoms with Gasteiger partial charge in [0.05, 0.1) is 22.5 Å². The molecule has 4 N–H and O–H groups in total. The van der Waals surface area contributed by atoms with Crippen molar-refractivity contribution in [2.45, 2.75) is 6.54 Å². The Bertz CT molecular complexity index is 533. The second-order valence-electron chi connectivity index (χ2n) is 4.09. The molecule has 9 heteroatoms. The highest BCUT2D eigenvalue weighted by molar-refractivity contribution is 9.10. The van der Waals surface area contributed by atoms with Crippen LogP contribution in [0.4, 0.5) is 5.69 Å². The van der Waals surface area contributed by atoms with Gasteiger partial charge in [0.15, 0.2) is 0 Å². The quantitative estimate of drug-likeness (QED) is 0.535. The zero-order chi connectivity index (χ0) is 15.3. The topological polar surface area (TPSA) is 133 Å². The van der Waals surface area contributed by atoms with Crippen LogP contribution in [-0.4, -0.2) is 34.7 Å². The number of amides is 2. The van der Waals surface area contributed by atoms with E-state index in [4.69, 9.17) is 11.5 Å². The van der Waals surface area contributed by atoms with Gasteiger partial charge in [-0.05, 0) is 21.5 Å². The van der Waals surface area contributed by atoms with Crippen molar-refractivity contribution in [3.63, 3.8) is 0 Å². The molecule has 0 spiro atoms. The molecule has 8 nitrogen and oxygen atoms in total. The van der Waals surface area contributed by atoms with Crippen molar-refractivity contribution in [1.29, 1.82) is 0 Å². The smallest absolute Gasteiger partial charge is 0.283 e. The molecule has 108 valence electrons. The lowest BCUT2D eigenvalue weighted by atomic mass is 10.2. The number of carbonyl (C=O) groups excluding carboxylic acids is 2. The lowest BCUT2D eigenvalue weighted by Gasteiger charge is -2.19. The highest BCUT2D eigenvalue weighted by Crippen LogP contribution is 2.28. The SMILES string of the molecule is NC(=O)CN(CC(N)=O)Cc1cccc([N+](=O)[O-])c1Br. The van der Waals surface area contributed by atoms with Gasteiger partial charge >= 0.3 is 0 Å². The second-order valence-corrected chi connectivity index (χ2v) is 4.88. The minimum atomic E-state index is -0.618. The van der Waals surface area contributed by atoms with Crippen LogP contribution in [0.25, 0.3) is 0 Å². The molecule has 0 atom stereocenters. The van der Waals surface area contributed by atoms with Crippen molar-refractivity contribution in [2.24, 2.45) is 11.5 Å². The number of hydrogen-bond acceptors (Lipinski definition) is 5. The van der Waals surface area contributed by atoms with E-state index in [1.165, 1.54) is 17.0 Å². The van der Waals surface area contributed by atoms with Crippen LogP contribution in [0.15, 0.2) is 22.7 Å². The normalized spacial score (nSPS) is 10.5. The summed E-state index contributed by atoms with van der Waals surface area (Å²) < 4.78 is 0.295. The molecule has 0 saturated heterocycles. The third-order valence-corrected chi connectivity index (χ3v) is 3.32. The summed E-state index contributed by atoms with van der Waals surface area (Å²) in [6.07, 6.45) is 0. The number of primary amides is 2. The number of nitrogens with zero attached hydrogens (tertiary/aromatic N) is 2. The van der Waals surface area contributed by atoms with E-state index in [-0.39, 0.29) is 25.3 Å². The van der Waals surface area contributed by atoms with Gasteiger partial charge in [-0.15, -0.1) is 0 Å². The Morgan fingerprint density at radius 3 is 2.25 bits per heavy atom. The minimum Gasteiger partial charge on any atom is -0.369 e. The predicted octanol–water partition coefficient (Wildman–Crippen LogP) is 0.130. The number of benzene rings is 1. The van der Waals surface area contributed by atoms with Crippen LogP contribution in [0.2, 0.25) is 0 Å². The molecule has 0 fully saturated rings. The molecular formula is C11H13BrN4O4. The van der Waals surface area contributed by atoms with Crippen molar-refractivity contribution in [2.75, 3.05) is 13.1 Å². The lowest BCUT2D eigenvalue weighted by molar-refractivity contribution is -0.385. The first kappa shape index (κ1) is 16.1. The summed E-state index contributed by atoms with van der Waals surface area (Å²) in [5.41, 5.74) is 10.6. The minimum absolute atomic E-state index is 0.0967. The van der Waals surface area contributed by atoms with Gasteiger partial charge in [0.25, 0.3) is 5.69 Å². The van der Waals surface area contributed by atoms with Crippen molar-refractivity contribution in [3.8, 4) is 0 Å². The Morgan fingerprint density at radius 1 is 1.25 bits per heavy atom. The monoisotopic (exact) mass is 344 g/mol. The predicted molar refractivity (Wildman–Crippen MR) is 74.5 cm³/mol. The Hall–Kier alpha value is -2.00. The van der Waals surface area contributed by atoms with Gasteiger partial charge in [-0.25, -0.2) is 0 Å². The largest absolute Gasteiger partial charge is 0.369 e. The first-order valence-electron chi connectivity index (χ1n) is 5.52. The van der Waals surface area contributed by atoms with E-state index in [2.05, 4.69) is 15.9 Å². The molecule has 0 radical (unpaired) electrons. The maximum Gasteiger partial charge on any atom is 0.283 e. The molecule has 0 unspecified atom stereocenters. The number of nitro groups is 1. The number of hydrogen-bond donors (Lipinski definition) is 2. The van der Waals surface area contributed by atoms with Gasteiger partial charge in [0, 0.05) is 12.6 Å². The highest BCUT2D eigenvalue weighted by atomic mass is 79.9. The average molecular weight is 345 g/mol. The highest BCUT2D eigenvalue weighted by Gasteiger charge is 2.18. The van der Waals surface area contributed by atoms with E-state index in [9.17, 15) is 19.7 Å². The van der Waals surface area contributed by atoms with E-state index in [0.29, 0.717) is 10.0 Å². The third-order valence-electron chi connectivity index (χ3n) is 2.41. The number of carbonyl (C=O) groups is 2. The molecule has 0 heterocycles. The average Bonchev–Trinajstić information content (AvgIpc) is 2.29. The van der Waals surface area contributed by atoms with E-state index < -0.39 is 16.7 Å². The third kappa shape index (κ3) is 4.59. The molecular weight excluding hydrogens is 332 g/mol. The maximum absolute atomic E-state index is 11.0. The zero-order valence-corrected chi connectivity index (χ0v) is 12.0. The standard InChI is InChI=1S/C11H13BrN4O4/c12-11-7(2-1-3-8(11)16(19)20)4-15(5-9(13)17)6-10(14)18/h1-3H,4-6H2,(H2,13,17)(H2,14,18). The van der Waals surface area contributed by atoms with Crippen molar-refractivity contribution in [1.82, 2.24) is 4.90 Å². The summed E-state index contributed by atoms with van der Waals surface area (Å²) in [5.74, 6) is -1.24. The number of halogens is 1. The molecule has 0 aliphatic rings. The molecule has 0 aromatic heterocycles. The summed E-state index contributed by atoms with van der Waals surface area (Å²) >= 11 is 3.14. The molecule has 2 amide bonds. The number of nitrogens with two attached hydrogens (primary N) is 2. The molecule has 0 aliphatic carbocycles. The van der Waals surface area contributed by atoms with E-state index in [1.807, 2.05) is 0 Å². The number of nitro benzene ring substituents is 1. The van der Waals surface area contributed by atoms with Crippen LogP contribution >= 0.6 is 15.9 Å². The van der Waals surface area contributed by atoms with Gasteiger partial charge in [0.1, 0.15) is 0 Å². The second kappa shape index (κ2) is 6.96. The van der Waals surface area contributed by atoms with Crippen LogP contribution in [0.3, 0.4) is 0 Å². The van der Waals surface area contributed by atoms with Crippen LogP contribution in [0, 0.1) is 10.1 Å².